The highest BCUT2D eigenvalue weighted by atomic mass is 35.5. The number of nitrogens with one attached hydrogen (secondary N) is 2. The van der Waals surface area contributed by atoms with Crippen LogP contribution in [0, 0.1) is 0 Å². The predicted octanol–water partition coefficient (Wildman–Crippen LogP) is 4.57. The van der Waals surface area contributed by atoms with Crippen LogP contribution in [0.25, 0.3) is 0 Å². The van der Waals surface area contributed by atoms with Crippen molar-refractivity contribution in [1.29, 1.82) is 0 Å². The first-order chi connectivity index (χ1) is 11.3. The maximum atomic E-state index is 6.12. The number of hydrogen-bond donors (Lipinski definition) is 2. The van der Waals surface area contributed by atoms with E-state index in [1.165, 1.54) is 25.7 Å². The van der Waals surface area contributed by atoms with E-state index in [0.29, 0.717) is 16.8 Å². The number of aromatic nitrogens is 3. The zero-order valence-electron chi connectivity index (χ0n) is 12.9. The van der Waals surface area contributed by atoms with E-state index in [9.17, 15) is 0 Å². The van der Waals surface area contributed by atoms with Gasteiger partial charge in [-0.05, 0) is 44.2 Å². The Hall–Kier alpha value is -2.14. The lowest BCUT2D eigenvalue weighted by Crippen LogP contribution is -2.08. The van der Waals surface area contributed by atoms with Gasteiger partial charge in [0.2, 0.25) is 5.95 Å². The molecule has 0 fully saturated rings. The highest BCUT2D eigenvalue weighted by Gasteiger charge is 2.05. The second-order valence-corrected chi connectivity index (χ2v) is 5.96. The average molecular weight is 330 g/mol. The molecule has 2 N–H and O–H groups in total. The molecule has 0 aliphatic heterocycles. The Bertz CT molecular complexity index is 686. The first-order valence-corrected chi connectivity index (χ1v) is 8.32. The minimum absolute atomic E-state index is 0.431. The molecule has 1 aromatic carbocycles. The van der Waals surface area contributed by atoms with Gasteiger partial charge in [0, 0.05) is 6.54 Å². The van der Waals surface area contributed by atoms with E-state index in [2.05, 4.69) is 31.9 Å². The fourth-order valence-electron chi connectivity index (χ4n) is 2.61. The molecule has 1 aromatic heterocycles. The summed E-state index contributed by atoms with van der Waals surface area (Å²) in [5, 5.41) is 15.0. The van der Waals surface area contributed by atoms with Gasteiger partial charge in [-0.2, -0.15) is 10.1 Å². The summed E-state index contributed by atoms with van der Waals surface area (Å²) in [7, 11) is 0. The van der Waals surface area contributed by atoms with Gasteiger partial charge < -0.3 is 10.6 Å². The van der Waals surface area contributed by atoms with Crippen molar-refractivity contribution in [2.75, 3.05) is 17.2 Å². The minimum Gasteiger partial charge on any atom is -0.368 e. The Labute approximate surface area is 141 Å². The van der Waals surface area contributed by atoms with Crippen molar-refractivity contribution in [2.24, 2.45) is 0 Å². The quantitative estimate of drug-likeness (QED) is 0.760. The third-order valence-electron chi connectivity index (χ3n) is 3.82. The molecule has 5 nitrogen and oxygen atoms in total. The Kier molecular flexibility index (Phi) is 5.42. The van der Waals surface area contributed by atoms with Gasteiger partial charge in [0.25, 0.3) is 0 Å². The van der Waals surface area contributed by atoms with Crippen molar-refractivity contribution in [2.45, 2.75) is 32.1 Å². The topological polar surface area (TPSA) is 62.7 Å². The summed E-state index contributed by atoms with van der Waals surface area (Å²) in [6.07, 6.45) is 10.1. The summed E-state index contributed by atoms with van der Waals surface area (Å²) in [5.74, 6) is 1.14. The third-order valence-corrected chi connectivity index (χ3v) is 4.15. The number of benzene rings is 1. The standard InChI is InChI=1S/C17H20ClN5/c18-14-8-4-5-9-15(14)21-17-22-16(12-20-23-17)19-11-10-13-6-2-1-3-7-13/h4-6,8-9,12H,1-3,7,10-11H2,(H2,19,21,22,23). The fourth-order valence-corrected chi connectivity index (χ4v) is 2.79. The molecular formula is C17H20ClN5. The molecule has 0 unspecified atom stereocenters. The fraction of sp³-hybridized carbons (Fsp3) is 0.353. The van der Waals surface area contributed by atoms with E-state index in [0.717, 1.165) is 18.7 Å². The van der Waals surface area contributed by atoms with Crippen LogP contribution < -0.4 is 10.6 Å². The van der Waals surface area contributed by atoms with E-state index in [-0.39, 0.29) is 0 Å². The Balaban J connectivity index is 1.57. The van der Waals surface area contributed by atoms with E-state index in [1.54, 1.807) is 11.8 Å². The summed E-state index contributed by atoms with van der Waals surface area (Å²) in [6, 6.07) is 7.48. The maximum absolute atomic E-state index is 6.12. The van der Waals surface area contributed by atoms with Crippen molar-refractivity contribution in [1.82, 2.24) is 15.2 Å². The van der Waals surface area contributed by atoms with Crippen molar-refractivity contribution in [3.63, 3.8) is 0 Å². The molecule has 0 bridgehead atoms. The van der Waals surface area contributed by atoms with Gasteiger partial charge in [-0.1, -0.05) is 35.4 Å². The van der Waals surface area contributed by atoms with Crippen molar-refractivity contribution in [3.8, 4) is 0 Å². The first-order valence-electron chi connectivity index (χ1n) is 7.94. The van der Waals surface area contributed by atoms with E-state index in [4.69, 9.17) is 11.6 Å². The molecule has 0 saturated carbocycles. The van der Waals surface area contributed by atoms with Crippen LogP contribution in [-0.4, -0.2) is 21.7 Å². The van der Waals surface area contributed by atoms with Gasteiger partial charge >= 0.3 is 0 Å². The van der Waals surface area contributed by atoms with Gasteiger partial charge in [0.1, 0.15) is 0 Å². The highest BCUT2D eigenvalue weighted by Crippen LogP contribution is 2.23. The van der Waals surface area contributed by atoms with Crippen LogP contribution in [-0.2, 0) is 0 Å². The summed E-state index contributed by atoms with van der Waals surface area (Å²) in [4.78, 5) is 4.42. The Morgan fingerprint density at radius 2 is 2.09 bits per heavy atom. The van der Waals surface area contributed by atoms with Gasteiger partial charge in [0.05, 0.1) is 16.9 Å². The first kappa shape index (κ1) is 15.7. The molecule has 0 radical (unpaired) electrons. The molecule has 0 saturated heterocycles. The van der Waals surface area contributed by atoms with Crippen LogP contribution in [0.15, 0.2) is 42.1 Å². The molecular weight excluding hydrogens is 310 g/mol. The van der Waals surface area contributed by atoms with E-state index >= 15 is 0 Å². The smallest absolute Gasteiger partial charge is 0.249 e. The largest absolute Gasteiger partial charge is 0.368 e. The van der Waals surface area contributed by atoms with Gasteiger partial charge in [-0.25, -0.2) is 0 Å². The molecule has 0 spiro atoms. The van der Waals surface area contributed by atoms with Crippen LogP contribution in [0.4, 0.5) is 17.5 Å². The summed E-state index contributed by atoms with van der Waals surface area (Å²) < 4.78 is 0. The second-order valence-electron chi connectivity index (χ2n) is 5.55. The SMILES string of the molecule is Clc1ccccc1Nc1nncc(NCCC2=CCCCC2)n1. The third kappa shape index (κ3) is 4.66. The van der Waals surface area contributed by atoms with Crippen LogP contribution >= 0.6 is 11.6 Å². The highest BCUT2D eigenvalue weighted by molar-refractivity contribution is 6.33. The average Bonchev–Trinajstić information content (AvgIpc) is 2.58. The van der Waals surface area contributed by atoms with Crippen molar-refractivity contribution >= 4 is 29.1 Å². The van der Waals surface area contributed by atoms with E-state index in [1.807, 2.05) is 24.3 Å². The van der Waals surface area contributed by atoms with Crippen molar-refractivity contribution in [3.05, 3.63) is 47.1 Å². The van der Waals surface area contributed by atoms with Crippen molar-refractivity contribution < 1.29 is 0 Å². The van der Waals surface area contributed by atoms with Crippen LogP contribution in [0.2, 0.25) is 5.02 Å². The number of rotatable bonds is 6. The second kappa shape index (κ2) is 7.92. The molecule has 2 aromatic rings. The molecule has 1 aliphatic rings. The van der Waals surface area contributed by atoms with E-state index < -0.39 is 0 Å². The molecule has 0 atom stereocenters. The number of anilines is 3. The lowest BCUT2D eigenvalue weighted by atomic mass is 9.97. The monoisotopic (exact) mass is 329 g/mol. The number of allylic oxidation sites excluding steroid dienone is 1. The number of para-hydroxylation sites is 1. The maximum Gasteiger partial charge on any atom is 0.249 e. The molecule has 1 heterocycles. The molecule has 6 heteroatoms. The normalized spacial score (nSPS) is 14.2. The Morgan fingerprint density at radius 3 is 2.91 bits per heavy atom. The van der Waals surface area contributed by atoms with Crippen LogP contribution in [0.1, 0.15) is 32.1 Å². The van der Waals surface area contributed by atoms with Gasteiger partial charge in [0.15, 0.2) is 5.82 Å². The summed E-state index contributed by atoms with van der Waals surface area (Å²) in [6.45, 7) is 0.857. The Morgan fingerprint density at radius 1 is 1.17 bits per heavy atom. The number of nitrogens with zero attached hydrogens (tertiary/aromatic N) is 3. The van der Waals surface area contributed by atoms with Gasteiger partial charge in [-0.3, -0.25) is 0 Å². The predicted molar refractivity (Wildman–Crippen MR) is 94.2 cm³/mol. The minimum atomic E-state index is 0.431. The molecule has 23 heavy (non-hydrogen) atoms. The summed E-state index contributed by atoms with van der Waals surface area (Å²) in [5.41, 5.74) is 2.31. The lowest BCUT2D eigenvalue weighted by molar-refractivity contribution is 0.679. The zero-order valence-corrected chi connectivity index (χ0v) is 13.7. The zero-order chi connectivity index (χ0) is 15.9. The van der Waals surface area contributed by atoms with Crippen LogP contribution in [0.5, 0.6) is 0 Å². The molecule has 1 aliphatic carbocycles. The summed E-state index contributed by atoms with van der Waals surface area (Å²) >= 11 is 6.12. The molecule has 120 valence electrons. The number of hydrogen-bond acceptors (Lipinski definition) is 5. The lowest BCUT2D eigenvalue weighted by Gasteiger charge is -2.13. The molecule has 3 rings (SSSR count). The number of halogens is 1. The van der Waals surface area contributed by atoms with Gasteiger partial charge in [-0.15, -0.1) is 5.10 Å². The molecule has 0 amide bonds. The van der Waals surface area contributed by atoms with Crippen LogP contribution in [0.3, 0.4) is 0 Å².